The van der Waals surface area contributed by atoms with Gasteiger partial charge in [-0.2, -0.15) is 0 Å². The third-order valence-electron chi connectivity index (χ3n) is 5.15. The predicted octanol–water partition coefficient (Wildman–Crippen LogP) is 3.85. The number of para-hydroxylation sites is 2. The fourth-order valence-electron chi connectivity index (χ4n) is 3.40. The van der Waals surface area contributed by atoms with E-state index < -0.39 is 0 Å². The summed E-state index contributed by atoms with van der Waals surface area (Å²) in [5.41, 5.74) is 4.83. The molecule has 1 fully saturated rings. The van der Waals surface area contributed by atoms with Crippen molar-refractivity contribution in [3.63, 3.8) is 0 Å². The Morgan fingerprint density at radius 2 is 1.92 bits per heavy atom. The van der Waals surface area contributed by atoms with Gasteiger partial charge in [0.25, 0.3) is 0 Å². The summed E-state index contributed by atoms with van der Waals surface area (Å²) in [4.78, 5) is 16.6. The van der Waals surface area contributed by atoms with Gasteiger partial charge in [0.1, 0.15) is 5.82 Å². The van der Waals surface area contributed by atoms with E-state index in [1.165, 1.54) is 16.6 Å². The Labute approximate surface area is 154 Å². The summed E-state index contributed by atoms with van der Waals surface area (Å²) < 4.78 is 2.32. The third kappa shape index (κ3) is 3.64. The van der Waals surface area contributed by atoms with Crippen LogP contribution in [0.15, 0.2) is 48.5 Å². The summed E-state index contributed by atoms with van der Waals surface area (Å²) in [7, 11) is 0. The number of benzene rings is 2. The van der Waals surface area contributed by atoms with Gasteiger partial charge in [0, 0.05) is 25.4 Å². The number of imidazole rings is 1. The summed E-state index contributed by atoms with van der Waals surface area (Å²) >= 11 is 0. The molecule has 1 heterocycles. The van der Waals surface area contributed by atoms with E-state index in [4.69, 9.17) is 4.98 Å². The van der Waals surface area contributed by atoms with Gasteiger partial charge >= 0.3 is 0 Å². The quantitative estimate of drug-likeness (QED) is 0.660. The fraction of sp³-hybridized carbons (Fsp3) is 0.364. The Bertz CT molecular complexity index is 924. The first kappa shape index (κ1) is 16.8. The molecule has 26 heavy (non-hydrogen) atoms. The number of aryl methyl sites for hydroxylation is 2. The number of fused-ring (bicyclic) bond motifs is 1. The number of hydrogen-bond donors (Lipinski definition) is 1. The second-order valence-corrected chi connectivity index (χ2v) is 7.20. The van der Waals surface area contributed by atoms with Crippen LogP contribution in [-0.2, 0) is 17.8 Å². The van der Waals surface area contributed by atoms with Crippen LogP contribution < -0.4 is 5.32 Å². The lowest BCUT2D eigenvalue weighted by Gasteiger charge is -2.12. The minimum Gasteiger partial charge on any atom is -0.356 e. The Morgan fingerprint density at radius 1 is 1.15 bits per heavy atom. The predicted molar refractivity (Wildman–Crippen MR) is 104 cm³/mol. The lowest BCUT2D eigenvalue weighted by Crippen LogP contribution is -2.26. The topological polar surface area (TPSA) is 46.9 Å². The molecule has 3 aromatic rings. The van der Waals surface area contributed by atoms with Crippen molar-refractivity contribution in [2.45, 2.75) is 39.2 Å². The maximum absolute atomic E-state index is 11.8. The van der Waals surface area contributed by atoms with Gasteiger partial charge in [-0.3, -0.25) is 4.79 Å². The molecule has 1 aliphatic rings. The van der Waals surface area contributed by atoms with Crippen LogP contribution in [0.25, 0.3) is 11.0 Å². The number of nitrogens with zero attached hydrogens (tertiary/aromatic N) is 2. The molecule has 4 rings (SSSR count). The van der Waals surface area contributed by atoms with Gasteiger partial charge < -0.3 is 9.88 Å². The first-order valence-corrected chi connectivity index (χ1v) is 9.49. The SMILES string of the molecule is Cc1ccccc1Cn1c(CCCNC(=O)C2CC2)nc2ccccc21. The fourth-order valence-corrected chi connectivity index (χ4v) is 3.40. The van der Waals surface area contributed by atoms with Crippen LogP contribution >= 0.6 is 0 Å². The molecule has 0 spiro atoms. The lowest BCUT2D eigenvalue weighted by atomic mass is 10.1. The molecule has 0 saturated heterocycles. The van der Waals surface area contributed by atoms with Gasteiger partial charge in [-0.1, -0.05) is 36.4 Å². The lowest BCUT2D eigenvalue weighted by molar-refractivity contribution is -0.122. The Hall–Kier alpha value is -2.62. The molecule has 134 valence electrons. The zero-order valence-electron chi connectivity index (χ0n) is 15.2. The van der Waals surface area contributed by atoms with Crippen molar-refractivity contribution in [2.75, 3.05) is 6.54 Å². The molecule has 0 bridgehead atoms. The smallest absolute Gasteiger partial charge is 0.223 e. The average Bonchev–Trinajstić information content (AvgIpc) is 3.44. The summed E-state index contributed by atoms with van der Waals surface area (Å²) in [6.45, 7) is 3.71. The highest BCUT2D eigenvalue weighted by molar-refractivity contribution is 5.80. The molecule has 4 nitrogen and oxygen atoms in total. The summed E-state index contributed by atoms with van der Waals surface area (Å²) in [6, 6.07) is 16.8. The van der Waals surface area contributed by atoms with Crippen LogP contribution in [0.5, 0.6) is 0 Å². The minimum atomic E-state index is 0.221. The van der Waals surface area contributed by atoms with Crippen LogP contribution in [0.1, 0.15) is 36.2 Å². The van der Waals surface area contributed by atoms with E-state index in [1.807, 2.05) is 6.07 Å². The number of rotatable bonds is 7. The van der Waals surface area contributed by atoms with E-state index in [0.717, 1.165) is 50.1 Å². The first-order chi connectivity index (χ1) is 12.7. The number of amides is 1. The maximum atomic E-state index is 11.8. The van der Waals surface area contributed by atoms with Crippen molar-refractivity contribution in [2.24, 2.45) is 5.92 Å². The molecule has 0 unspecified atom stereocenters. The largest absolute Gasteiger partial charge is 0.356 e. The first-order valence-electron chi connectivity index (χ1n) is 9.49. The van der Waals surface area contributed by atoms with E-state index >= 15 is 0 Å². The number of carbonyl (C=O) groups excluding carboxylic acids is 1. The molecule has 0 radical (unpaired) electrons. The molecule has 1 aromatic heterocycles. The number of nitrogens with one attached hydrogen (secondary N) is 1. The van der Waals surface area contributed by atoms with E-state index in [2.05, 4.69) is 59.3 Å². The number of hydrogen-bond acceptors (Lipinski definition) is 2. The highest BCUT2D eigenvalue weighted by atomic mass is 16.2. The van der Waals surface area contributed by atoms with Crippen LogP contribution in [0, 0.1) is 12.8 Å². The zero-order chi connectivity index (χ0) is 17.9. The second kappa shape index (κ2) is 7.32. The van der Waals surface area contributed by atoms with Crippen LogP contribution in [0.3, 0.4) is 0 Å². The highest BCUT2D eigenvalue weighted by Crippen LogP contribution is 2.28. The summed E-state index contributed by atoms with van der Waals surface area (Å²) in [5, 5.41) is 3.05. The molecule has 1 N–H and O–H groups in total. The normalized spacial score (nSPS) is 13.9. The Kier molecular flexibility index (Phi) is 4.74. The molecule has 0 atom stereocenters. The molecule has 1 amide bonds. The van der Waals surface area contributed by atoms with Crippen LogP contribution in [-0.4, -0.2) is 22.0 Å². The van der Waals surface area contributed by atoms with Gasteiger partial charge in [0.05, 0.1) is 11.0 Å². The van der Waals surface area contributed by atoms with Crippen molar-refractivity contribution < 1.29 is 4.79 Å². The van der Waals surface area contributed by atoms with Gasteiger partial charge in [0.2, 0.25) is 5.91 Å². The standard InChI is InChI=1S/C22H25N3O/c1-16-7-2-3-8-18(16)15-25-20-10-5-4-9-19(20)24-21(25)11-6-14-23-22(26)17-12-13-17/h2-5,7-10,17H,6,11-15H2,1H3,(H,23,26). The van der Waals surface area contributed by atoms with E-state index in [-0.39, 0.29) is 11.8 Å². The zero-order valence-corrected chi connectivity index (χ0v) is 15.2. The van der Waals surface area contributed by atoms with Crippen molar-refractivity contribution >= 4 is 16.9 Å². The molecule has 1 aliphatic carbocycles. The molecular weight excluding hydrogens is 322 g/mol. The third-order valence-corrected chi connectivity index (χ3v) is 5.15. The van der Waals surface area contributed by atoms with Crippen LogP contribution in [0.2, 0.25) is 0 Å². The van der Waals surface area contributed by atoms with Gasteiger partial charge in [-0.15, -0.1) is 0 Å². The average molecular weight is 347 g/mol. The van der Waals surface area contributed by atoms with E-state index in [1.54, 1.807) is 0 Å². The highest BCUT2D eigenvalue weighted by Gasteiger charge is 2.29. The number of aromatic nitrogens is 2. The van der Waals surface area contributed by atoms with E-state index in [9.17, 15) is 4.79 Å². The van der Waals surface area contributed by atoms with E-state index in [0.29, 0.717) is 0 Å². The molecule has 4 heteroatoms. The molecular formula is C22H25N3O. The Morgan fingerprint density at radius 3 is 2.73 bits per heavy atom. The van der Waals surface area contributed by atoms with Gasteiger partial charge in [0.15, 0.2) is 0 Å². The summed E-state index contributed by atoms with van der Waals surface area (Å²) in [5.74, 6) is 1.59. The summed E-state index contributed by atoms with van der Waals surface area (Å²) in [6.07, 6.45) is 3.89. The molecule has 2 aromatic carbocycles. The molecule has 1 saturated carbocycles. The van der Waals surface area contributed by atoms with Crippen LogP contribution in [0.4, 0.5) is 0 Å². The maximum Gasteiger partial charge on any atom is 0.223 e. The number of carbonyl (C=O) groups is 1. The van der Waals surface area contributed by atoms with Crippen molar-refractivity contribution in [1.82, 2.24) is 14.9 Å². The van der Waals surface area contributed by atoms with Gasteiger partial charge in [-0.05, 0) is 49.4 Å². The Balaban J connectivity index is 1.51. The van der Waals surface area contributed by atoms with Crippen molar-refractivity contribution in [3.8, 4) is 0 Å². The monoisotopic (exact) mass is 347 g/mol. The second-order valence-electron chi connectivity index (χ2n) is 7.20. The van der Waals surface area contributed by atoms with Crippen molar-refractivity contribution in [3.05, 3.63) is 65.5 Å². The van der Waals surface area contributed by atoms with Gasteiger partial charge in [-0.25, -0.2) is 4.98 Å². The minimum absolute atomic E-state index is 0.221. The van der Waals surface area contributed by atoms with Crippen molar-refractivity contribution in [1.29, 1.82) is 0 Å². The molecule has 0 aliphatic heterocycles.